The average molecular weight is 444 g/mol. The molecule has 2 aromatic carbocycles. The van der Waals surface area contributed by atoms with E-state index in [9.17, 15) is 18.3 Å². The van der Waals surface area contributed by atoms with Crippen molar-refractivity contribution in [2.45, 2.75) is 4.90 Å². The van der Waals surface area contributed by atoms with E-state index in [0.717, 1.165) is 0 Å². The quantitative estimate of drug-likeness (QED) is 0.399. The zero-order valence-corrected chi connectivity index (χ0v) is 16.7. The third-order valence-electron chi connectivity index (χ3n) is 4.37. The van der Waals surface area contributed by atoms with Crippen molar-refractivity contribution in [2.75, 3.05) is 11.1 Å². The molecule has 0 spiro atoms. The smallest absolute Gasteiger partial charge is 0.356 e. The monoisotopic (exact) mass is 443 g/mol. The summed E-state index contributed by atoms with van der Waals surface area (Å²) < 4.78 is 27.2. The van der Waals surface area contributed by atoms with Gasteiger partial charge in [-0.2, -0.15) is 4.98 Å². The van der Waals surface area contributed by atoms with Crippen LogP contribution in [0.2, 0.25) is 5.28 Å². The molecule has 0 saturated heterocycles. The van der Waals surface area contributed by atoms with Crippen molar-refractivity contribution in [1.29, 1.82) is 0 Å². The molecule has 4 N–H and O–H groups in total. The summed E-state index contributed by atoms with van der Waals surface area (Å²) in [6.07, 6.45) is 1.44. The minimum Gasteiger partial charge on any atom is -0.476 e. The standard InChI is InChI=1S/C19H14ClN5O4S/c20-19-23-16(18(26)27)15(21)17(24-19)22-13-7-4-8-14-12(13)9-10-25(14)30(28,29)11-5-2-1-3-6-11/h1-10H,21H2,(H,26,27)(H,22,23,24). The van der Waals surface area contributed by atoms with Crippen LogP contribution in [-0.4, -0.2) is 33.4 Å². The van der Waals surface area contributed by atoms with Crippen molar-refractivity contribution in [3.63, 3.8) is 0 Å². The van der Waals surface area contributed by atoms with Gasteiger partial charge in [-0.1, -0.05) is 24.3 Å². The zero-order valence-electron chi connectivity index (χ0n) is 15.2. The molecule has 0 aliphatic rings. The van der Waals surface area contributed by atoms with Gasteiger partial charge >= 0.3 is 5.97 Å². The van der Waals surface area contributed by atoms with Gasteiger partial charge in [0.05, 0.1) is 10.4 Å². The van der Waals surface area contributed by atoms with E-state index < -0.39 is 21.7 Å². The molecular formula is C19H14ClN5O4S. The highest BCUT2D eigenvalue weighted by molar-refractivity contribution is 7.90. The second-order valence-electron chi connectivity index (χ2n) is 6.20. The van der Waals surface area contributed by atoms with E-state index in [1.807, 2.05) is 0 Å². The minimum absolute atomic E-state index is 0.00133. The Morgan fingerprint density at radius 2 is 1.80 bits per heavy atom. The number of carboxylic acid groups (broad SMARTS) is 1. The number of rotatable bonds is 5. The number of nitrogen functional groups attached to an aromatic ring is 1. The van der Waals surface area contributed by atoms with Gasteiger partial charge in [0.15, 0.2) is 11.5 Å². The largest absolute Gasteiger partial charge is 0.476 e. The SMILES string of the molecule is Nc1c(Nc2cccc3c2ccn3S(=O)(=O)c2ccccc2)nc(Cl)nc1C(=O)O. The molecule has 0 bridgehead atoms. The Labute approximate surface area is 175 Å². The Morgan fingerprint density at radius 3 is 2.50 bits per heavy atom. The van der Waals surface area contributed by atoms with Crippen LogP contribution in [0, 0.1) is 0 Å². The number of anilines is 3. The first-order valence-electron chi connectivity index (χ1n) is 8.53. The second kappa shape index (κ2) is 7.32. The summed E-state index contributed by atoms with van der Waals surface area (Å²) in [6.45, 7) is 0. The minimum atomic E-state index is -3.80. The lowest BCUT2D eigenvalue weighted by Gasteiger charge is -2.12. The lowest BCUT2D eigenvalue weighted by molar-refractivity contribution is 0.0691. The van der Waals surface area contributed by atoms with Crippen LogP contribution in [0.4, 0.5) is 17.2 Å². The third-order valence-corrected chi connectivity index (χ3v) is 6.24. The molecule has 0 aliphatic carbocycles. The fraction of sp³-hybridized carbons (Fsp3) is 0. The lowest BCUT2D eigenvalue weighted by atomic mass is 10.2. The topological polar surface area (TPSA) is 140 Å². The van der Waals surface area contributed by atoms with Gasteiger partial charge < -0.3 is 16.2 Å². The summed E-state index contributed by atoms with van der Waals surface area (Å²) in [6, 6.07) is 14.7. The van der Waals surface area contributed by atoms with E-state index in [1.54, 1.807) is 42.5 Å². The Hall–Kier alpha value is -3.63. The van der Waals surface area contributed by atoms with Crippen LogP contribution < -0.4 is 11.1 Å². The summed E-state index contributed by atoms with van der Waals surface area (Å²) in [4.78, 5) is 19.0. The summed E-state index contributed by atoms with van der Waals surface area (Å²) >= 11 is 5.82. The summed E-state index contributed by atoms with van der Waals surface area (Å²) in [7, 11) is -3.80. The molecule has 0 fully saturated rings. The number of halogens is 1. The number of aromatic carboxylic acids is 1. The molecule has 0 saturated carbocycles. The third kappa shape index (κ3) is 3.31. The van der Waals surface area contributed by atoms with Gasteiger partial charge in [0.1, 0.15) is 5.69 Å². The number of aromatic nitrogens is 3. The van der Waals surface area contributed by atoms with Gasteiger partial charge in [-0.3, -0.25) is 0 Å². The second-order valence-corrected chi connectivity index (χ2v) is 8.35. The predicted octanol–water partition coefficient (Wildman–Crippen LogP) is 3.35. The lowest BCUT2D eigenvalue weighted by Crippen LogP contribution is -2.12. The van der Waals surface area contributed by atoms with Crippen LogP contribution in [0.15, 0.2) is 65.7 Å². The van der Waals surface area contributed by atoms with Crippen LogP contribution in [0.3, 0.4) is 0 Å². The van der Waals surface area contributed by atoms with Gasteiger partial charge in [0.2, 0.25) is 5.28 Å². The Morgan fingerprint density at radius 1 is 1.07 bits per heavy atom. The summed E-state index contributed by atoms with van der Waals surface area (Å²) in [5, 5.41) is 12.4. The van der Waals surface area contributed by atoms with E-state index in [0.29, 0.717) is 16.6 Å². The molecule has 9 nitrogen and oxygen atoms in total. The fourth-order valence-electron chi connectivity index (χ4n) is 3.00. The number of carbonyl (C=O) groups is 1. The number of nitrogens with one attached hydrogen (secondary N) is 1. The molecule has 30 heavy (non-hydrogen) atoms. The average Bonchev–Trinajstić information content (AvgIpc) is 3.17. The number of hydrogen-bond acceptors (Lipinski definition) is 7. The molecule has 2 heterocycles. The highest BCUT2D eigenvalue weighted by atomic mass is 35.5. The van der Waals surface area contributed by atoms with Crippen molar-refractivity contribution in [3.05, 3.63) is 71.8 Å². The van der Waals surface area contributed by atoms with Crippen LogP contribution in [0.25, 0.3) is 10.9 Å². The van der Waals surface area contributed by atoms with Gasteiger partial charge in [-0.15, -0.1) is 0 Å². The number of carboxylic acids is 1. The highest BCUT2D eigenvalue weighted by Gasteiger charge is 2.21. The maximum Gasteiger partial charge on any atom is 0.356 e. The van der Waals surface area contributed by atoms with Gasteiger partial charge in [0, 0.05) is 17.3 Å². The van der Waals surface area contributed by atoms with Crippen molar-refractivity contribution in [3.8, 4) is 0 Å². The normalized spacial score (nSPS) is 11.5. The first kappa shape index (κ1) is 19.7. The van der Waals surface area contributed by atoms with E-state index in [-0.39, 0.29) is 21.7 Å². The number of nitrogens with two attached hydrogens (primary N) is 1. The molecule has 2 aromatic heterocycles. The Bertz CT molecular complexity index is 1390. The van der Waals surface area contributed by atoms with E-state index in [1.165, 1.54) is 22.3 Å². The van der Waals surface area contributed by atoms with Crippen molar-refractivity contribution in [2.24, 2.45) is 0 Å². The van der Waals surface area contributed by atoms with Crippen LogP contribution in [0.1, 0.15) is 10.5 Å². The number of benzene rings is 2. The number of hydrogen-bond donors (Lipinski definition) is 3. The zero-order chi connectivity index (χ0) is 21.5. The molecule has 11 heteroatoms. The number of nitrogens with zero attached hydrogens (tertiary/aromatic N) is 3. The summed E-state index contributed by atoms with van der Waals surface area (Å²) in [5.41, 5.74) is 6.12. The van der Waals surface area contributed by atoms with E-state index >= 15 is 0 Å². The maximum absolute atomic E-state index is 13.0. The molecule has 152 valence electrons. The highest BCUT2D eigenvalue weighted by Crippen LogP contribution is 2.32. The molecule has 0 aliphatic heterocycles. The molecule has 0 radical (unpaired) electrons. The van der Waals surface area contributed by atoms with Crippen molar-refractivity contribution in [1.82, 2.24) is 13.9 Å². The molecule has 4 aromatic rings. The van der Waals surface area contributed by atoms with Gasteiger partial charge in [-0.05, 0) is 41.9 Å². The fourth-order valence-corrected chi connectivity index (χ4v) is 4.53. The van der Waals surface area contributed by atoms with Crippen LogP contribution in [0.5, 0.6) is 0 Å². The molecule has 0 amide bonds. The Kier molecular flexibility index (Phi) is 4.80. The predicted molar refractivity (Wildman–Crippen MR) is 113 cm³/mol. The maximum atomic E-state index is 13.0. The van der Waals surface area contributed by atoms with E-state index in [4.69, 9.17) is 17.3 Å². The van der Waals surface area contributed by atoms with Gasteiger partial charge in [0.25, 0.3) is 10.0 Å². The molecule has 0 unspecified atom stereocenters. The molecular weight excluding hydrogens is 430 g/mol. The summed E-state index contributed by atoms with van der Waals surface area (Å²) in [5.74, 6) is -1.35. The first-order valence-corrected chi connectivity index (χ1v) is 10.3. The van der Waals surface area contributed by atoms with Crippen LogP contribution >= 0.6 is 11.6 Å². The van der Waals surface area contributed by atoms with Crippen LogP contribution in [-0.2, 0) is 10.0 Å². The van der Waals surface area contributed by atoms with Crippen molar-refractivity contribution >= 4 is 55.7 Å². The van der Waals surface area contributed by atoms with Crippen molar-refractivity contribution < 1.29 is 18.3 Å². The van der Waals surface area contributed by atoms with Gasteiger partial charge in [-0.25, -0.2) is 22.2 Å². The molecule has 4 rings (SSSR count). The Balaban J connectivity index is 1.82. The van der Waals surface area contributed by atoms with E-state index in [2.05, 4.69) is 15.3 Å². The molecule has 0 atom stereocenters. The number of fused-ring (bicyclic) bond motifs is 1. The first-order chi connectivity index (χ1) is 14.3.